The van der Waals surface area contributed by atoms with Crippen molar-refractivity contribution in [2.24, 2.45) is 0 Å². The van der Waals surface area contributed by atoms with Crippen molar-refractivity contribution < 1.29 is 47.5 Å². The molecule has 5 aliphatic rings. The van der Waals surface area contributed by atoms with Crippen LogP contribution in [-0.2, 0) is 18.9 Å². The minimum absolute atomic E-state index is 0.0329. The van der Waals surface area contributed by atoms with Crippen LogP contribution in [0.4, 0.5) is 17.8 Å². The zero-order chi connectivity index (χ0) is 67.7. The molecule has 0 bridgehead atoms. The van der Waals surface area contributed by atoms with E-state index in [1.54, 1.807) is 0 Å². The number of nitrogens with two attached hydrogens (primary N) is 3. The zero-order valence-corrected chi connectivity index (χ0v) is 55.5. The minimum Gasteiger partial charge on any atom is -0.471 e. The molecule has 0 radical (unpaired) electrons. The number of morpholine rings is 1. The van der Waals surface area contributed by atoms with Crippen molar-refractivity contribution in [2.75, 3.05) is 150 Å². The third-order valence-corrected chi connectivity index (χ3v) is 17.5. The molecule has 3 amide bonds. The molecule has 3 aromatic heterocycles. The number of likely N-dealkylation sites (tertiary alicyclic amines) is 1. The van der Waals surface area contributed by atoms with Crippen LogP contribution in [0.2, 0.25) is 0 Å². The maximum Gasteiger partial charge on any atom is 0.251 e. The highest BCUT2D eigenvalue weighted by atomic mass is 16.6. The Morgan fingerprint density at radius 2 is 0.755 bits per heavy atom. The standard InChI is InChI=1S/C25H29N5O4.C25H29N5O3.C23H27N5O3/c26-25-28-22-6-5-19(15-21(22)24(29-25)34-20-7-12-33-16-20)17-1-3-18(4-2-17)23(31)27-8-9-30-10-13-32-14-11-30;26-25-28-22-8-7-19(15-21(22)24(29-25)33-20-9-14-32-16-20)17-3-5-18(6-4-17)23(31)27-10-13-30-11-1-2-12-30;1-28(2)11-10-25-21(29)16-5-3-15(4-6-16)17-7-8-20-19(13-17)22(27-23(24)26-20)31-18-9-12-30-14-18/h1-6,15,20H,7-14,16H2,(H,27,31)(H2,26,28,29);3-8,15,20H,1-2,9-14,16H2,(H,27,31)(H2,26,28,29);3-8,13,18H,9-12,14H2,1-2H3,(H,25,29)(H2,24,26,27)/t2*20-;18-/m110/s1. The number of carbonyl (C=O) groups excluding carboxylic acids is 3. The van der Waals surface area contributed by atoms with Gasteiger partial charge in [-0.05, 0) is 146 Å². The summed E-state index contributed by atoms with van der Waals surface area (Å²) in [5.74, 6) is 1.76. The average Bonchev–Trinajstić information content (AvgIpc) is 0.873. The molecule has 3 atom stereocenters. The number of likely N-dealkylation sites (N-methyl/N-ethyl adjacent to an activating group) is 1. The molecule has 512 valence electrons. The fraction of sp³-hybridized carbons (Fsp3) is 0.384. The number of amides is 3. The number of fused-ring (bicyclic) bond motifs is 3. The summed E-state index contributed by atoms with van der Waals surface area (Å²) in [5, 5.41) is 11.3. The Morgan fingerprint density at radius 1 is 0.429 bits per heavy atom. The molecule has 5 saturated heterocycles. The highest BCUT2D eigenvalue weighted by Gasteiger charge is 2.24. The maximum absolute atomic E-state index is 12.5. The first kappa shape index (κ1) is 68.2. The van der Waals surface area contributed by atoms with E-state index in [4.69, 9.17) is 50.4 Å². The van der Waals surface area contributed by atoms with E-state index in [0.29, 0.717) is 93.6 Å². The Balaban J connectivity index is 0.000000140. The highest BCUT2D eigenvalue weighted by Crippen LogP contribution is 2.34. The van der Waals surface area contributed by atoms with Crippen LogP contribution in [0, 0.1) is 0 Å². The minimum atomic E-state index is -0.0785. The smallest absolute Gasteiger partial charge is 0.251 e. The van der Waals surface area contributed by atoms with Crippen LogP contribution in [0.15, 0.2) is 127 Å². The molecule has 0 saturated carbocycles. The molecule has 0 unspecified atom stereocenters. The molecule has 9 aromatic rings. The van der Waals surface area contributed by atoms with Gasteiger partial charge in [-0.15, -0.1) is 0 Å². The molecule has 6 aromatic carbocycles. The number of nitrogens with zero attached hydrogens (tertiary/aromatic N) is 9. The van der Waals surface area contributed by atoms with E-state index in [1.807, 2.05) is 146 Å². The van der Waals surface area contributed by atoms with Gasteiger partial charge in [0.05, 0.1) is 85.6 Å². The van der Waals surface area contributed by atoms with Crippen LogP contribution < -0.4 is 47.4 Å². The van der Waals surface area contributed by atoms with Gasteiger partial charge in [0.2, 0.25) is 35.5 Å². The Bertz CT molecular complexity index is 4180. The molecule has 98 heavy (non-hydrogen) atoms. The second-order valence-electron chi connectivity index (χ2n) is 25.0. The molecule has 0 aliphatic carbocycles. The SMILES string of the molecule is CN(C)CCNC(=O)c1ccc(-c2ccc3nc(N)nc(O[C@H]4CCOC4)c3c2)cc1.Nc1nc(O[C@@H]2CCOC2)c2cc(-c3ccc(C(=O)NCCN4CCCC4)cc3)ccc2n1.Nc1nc(O[C@@H]2CCOC2)c2cc(-c3ccc(C(=O)NCCN4CCOCC4)cc3)ccc2n1. The topological polar surface area (TPSA) is 317 Å². The molecule has 8 heterocycles. The summed E-state index contributed by atoms with van der Waals surface area (Å²) in [6.07, 6.45) is 4.87. The second kappa shape index (κ2) is 33.0. The van der Waals surface area contributed by atoms with Gasteiger partial charge in [0.1, 0.15) is 18.3 Å². The van der Waals surface area contributed by atoms with Gasteiger partial charge in [0.25, 0.3) is 17.7 Å². The van der Waals surface area contributed by atoms with E-state index >= 15 is 0 Å². The molecule has 0 spiro atoms. The van der Waals surface area contributed by atoms with E-state index < -0.39 is 0 Å². The summed E-state index contributed by atoms with van der Waals surface area (Å²) < 4.78 is 39.8. The lowest BCUT2D eigenvalue weighted by Crippen LogP contribution is -2.41. The summed E-state index contributed by atoms with van der Waals surface area (Å²) >= 11 is 0. The van der Waals surface area contributed by atoms with Crippen molar-refractivity contribution in [2.45, 2.75) is 50.4 Å². The number of ether oxygens (including phenoxy) is 7. The number of benzene rings is 6. The van der Waals surface area contributed by atoms with Crippen LogP contribution in [0.5, 0.6) is 17.6 Å². The van der Waals surface area contributed by atoms with Crippen molar-refractivity contribution in [3.8, 4) is 51.0 Å². The number of hydrogen-bond donors (Lipinski definition) is 6. The lowest BCUT2D eigenvalue weighted by Gasteiger charge is -2.26. The van der Waals surface area contributed by atoms with Crippen molar-refractivity contribution in [3.05, 3.63) is 144 Å². The van der Waals surface area contributed by atoms with Crippen molar-refractivity contribution in [1.82, 2.24) is 60.6 Å². The summed E-state index contributed by atoms with van der Waals surface area (Å²) in [5.41, 5.74) is 27.7. The number of aromatic nitrogens is 6. The van der Waals surface area contributed by atoms with Gasteiger partial charge >= 0.3 is 0 Å². The number of rotatable bonds is 21. The number of hydrogen-bond acceptors (Lipinski definition) is 22. The first-order valence-electron chi connectivity index (χ1n) is 33.6. The zero-order valence-electron chi connectivity index (χ0n) is 55.5. The van der Waals surface area contributed by atoms with Crippen molar-refractivity contribution in [3.63, 3.8) is 0 Å². The third kappa shape index (κ3) is 18.3. The number of carbonyl (C=O) groups is 3. The van der Waals surface area contributed by atoms with Crippen LogP contribution in [0.25, 0.3) is 66.1 Å². The molecule has 5 fully saturated rings. The molecule has 14 rings (SSSR count). The quantitative estimate of drug-likeness (QED) is 0.0410. The molecular weight excluding hydrogens is 1250 g/mol. The molecule has 25 heteroatoms. The predicted octanol–water partition coefficient (Wildman–Crippen LogP) is 7.32. The summed E-state index contributed by atoms with van der Waals surface area (Å²) in [6.45, 7) is 13.7. The molecule has 9 N–H and O–H groups in total. The summed E-state index contributed by atoms with van der Waals surface area (Å²) in [6, 6.07) is 40.4. The Kier molecular flexibility index (Phi) is 23.0. The van der Waals surface area contributed by atoms with Gasteiger partial charge in [-0.3, -0.25) is 19.3 Å². The van der Waals surface area contributed by atoms with Crippen molar-refractivity contribution in [1.29, 1.82) is 0 Å². The van der Waals surface area contributed by atoms with Crippen LogP contribution in [-0.4, -0.2) is 213 Å². The van der Waals surface area contributed by atoms with Crippen LogP contribution in [0.3, 0.4) is 0 Å². The molecular formula is C73H85N15O10. The first-order chi connectivity index (χ1) is 47.8. The normalized spacial score (nSPS) is 17.8. The summed E-state index contributed by atoms with van der Waals surface area (Å²) in [7, 11) is 3.95. The fourth-order valence-corrected chi connectivity index (χ4v) is 12.1. The average molecular weight is 1330 g/mol. The summed E-state index contributed by atoms with van der Waals surface area (Å²) in [4.78, 5) is 70.0. The van der Waals surface area contributed by atoms with Crippen LogP contribution >= 0.6 is 0 Å². The van der Waals surface area contributed by atoms with Gasteiger partial charge in [-0.25, -0.2) is 15.0 Å². The van der Waals surface area contributed by atoms with E-state index in [0.717, 1.165) is 144 Å². The largest absolute Gasteiger partial charge is 0.471 e. The lowest BCUT2D eigenvalue weighted by atomic mass is 10.0. The lowest BCUT2D eigenvalue weighted by molar-refractivity contribution is 0.0383. The molecule has 5 aliphatic heterocycles. The first-order valence-corrected chi connectivity index (χ1v) is 33.6. The Hall–Kier alpha value is -9.73. The third-order valence-electron chi connectivity index (χ3n) is 17.5. The monoisotopic (exact) mass is 1330 g/mol. The predicted molar refractivity (Wildman–Crippen MR) is 376 cm³/mol. The number of anilines is 3. The second-order valence-corrected chi connectivity index (χ2v) is 25.0. The number of nitrogens with one attached hydrogen (secondary N) is 3. The van der Waals surface area contributed by atoms with Gasteiger partial charge < -0.3 is 76.1 Å². The Labute approximate surface area is 569 Å². The van der Waals surface area contributed by atoms with Crippen molar-refractivity contribution >= 4 is 68.3 Å². The Morgan fingerprint density at radius 3 is 1.08 bits per heavy atom. The maximum atomic E-state index is 12.5. The van der Waals surface area contributed by atoms with Crippen LogP contribution in [0.1, 0.15) is 63.2 Å². The fourth-order valence-electron chi connectivity index (χ4n) is 12.1. The van der Waals surface area contributed by atoms with Gasteiger partial charge in [0.15, 0.2) is 0 Å². The van der Waals surface area contributed by atoms with Gasteiger partial charge in [0, 0.05) is 88.3 Å². The van der Waals surface area contributed by atoms with Gasteiger partial charge in [-0.1, -0.05) is 54.6 Å². The van der Waals surface area contributed by atoms with E-state index in [9.17, 15) is 14.4 Å². The van der Waals surface area contributed by atoms with E-state index in [2.05, 4.69) is 55.7 Å². The number of nitrogen functional groups attached to an aromatic ring is 3. The van der Waals surface area contributed by atoms with Gasteiger partial charge in [-0.2, -0.15) is 15.0 Å². The molecule has 25 nitrogen and oxygen atoms in total. The van der Waals surface area contributed by atoms with E-state index in [1.165, 1.54) is 12.8 Å². The van der Waals surface area contributed by atoms with E-state index in [-0.39, 0.29) is 53.9 Å². The highest BCUT2D eigenvalue weighted by molar-refractivity contribution is 5.97.